The van der Waals surface area contributed by atoms with Crippen LogP contribution >= 0.6 is 24.0 Å². The van der Waals surface area contributed by atoms with Crippen LogP contribution < -0.4 is 10.6 Å². The van der Waals surface area contributed by atoms with E-state index in [0.29, 0.717) is 0 Å². The summed E-state index contributed by atoms with van der Waals surface area (Å²) in [5.41, 5.74) is 4.16. The molecule has 2 N–H and O–H groups in total. The van der Waals surface area contributed by atoms with E-state index in [4.69, 9.17) is 4.74 Å². The van der Waals surface area contributed by atoms with Gasteiger partial charge in [0, 0.05) is 25.6 Å². The van der Waals surface area contributed by atoms with Crippen LogP contribution in [0.15, 0.2) is 23.2 Å². The summed E-state index contributed by atoms with van der Waals surface area (Å²) in [6.45, 7) is 9.82. The lowest BCUT2D eigenvalue weighted by Gasteiger charge is -2.38. The van der Waals surface area contributed by atoms with Gasteiger partial charge in [0.2, 0.25) is 0 Å². The Bertz CT molecular complexity index is 498. The normalized spacial score (nSPS) is 16.7. The number of guanidine groups is 1. The van der Waals surface area contributed by atoms with E-state index < -0.39 is 0 Å². The summed E-state index contributed by atoms with van der Waals surface area (Å²) < 4.78 is 5.26. The molecular formula is C16H26IN3O. The molecule has 5 heteroatoms. The molecule has 4 nitrogen and oxygen atoms in total. The monoisotopic (exact) mass is 403 g/mol. The second-order valence-electron chi connectivity index (χ2n) is 6.01. The van der Waals surface area contributed by atoms with E-state index in [1.165, 1.54) is 16.7 Å². The van der Waals surface area contributed by atoms with Gasteiger partial charge in [0.15, 0.2) is 5.96 Å². The number of nitrogens with one attached hydrogen (secondary N) is 2. The minimum atomic E-state index is 0. The molecule has 118 valence electrons. The number of nitrogens with zero attached hydrogens (tertiary/aromatic N) is 1. The van der Waals surface area contributed by atoms with E-state index in [-0.39, 0.29) is 29.4 Å². The van der Waals surface area contributed by atoms with Gasteiger partial charge < -0.3 is 15.4 Å². The van der Waals surface area contributed by atoms with E-state index in [0.717, 1.165) is 32.3 Å². The Hall–Kier alpha value is -0.820. The molecule has 0 spiro atoms. The number of ether oxygens (including phenoxy) is 1. The van der Waals surface area contributed by atoms with E-state index in [9.17, 15) is 0 Å². The molecule has 0 radical (unpaired) electrons. The van der Waals surface area contributed by atoms with Crippen molar-refractivity contribution in [1.82, 2.24) is 10.6 Å². The van der Waals surface area contributed by atoms with Crippen LogP contribution in [0.25, 0.3) is 0 Å². The van der Waals surface area contributed by atoms with E-state index in [1.807, 2.05) is 0 Å². The fourth-order valence-corrected chi connectivity index (χ4v) is 2.29. The minimum absolute atomic E-state index is 0. The fourth-order valence-electron chi connectivity index (χ4n) is 2.29. The summed E-state index contributed by atoms with van der Waals surface area (Å²) in [6.07, 6.45) is 0. The highest BCUT2D eigenvalue weighted by molar-refractivity contribution is 14.0. The zero-order chi connectivity index (χ0) is 14.6. The Labute approximate surface area is 144 Å². The van der Waals surface area contributed by atoms with Crippen LogP contribution in [0.4, 0.5) is 0 Å². The number of halogens is 1. The zero-order valence-electron chi connectivity index (χ0n) is 13.3. The summed E-state index contributed by atoms with van der Waals surface area (Å²) >= 11 is 0. The van der Waals surface area contributed by atoms with E-state index in [1.54, 1.807) is 7.05 Å². The number of aliphatic imine (C=N–C) groups is 1. The third-order valence-corrected chi connectivity index (χ3v) is 3.75. The molecule has 2 rings (SSSR count). The summed E-state index contributed by atoms with van der Waals surface area (Å²) in [5.74, 6) is 0.845. The molecule has 1 aromatic rings. The first-order chi connectivity index (χ1) is 9.52. The molecule has 1 saturated heterocycles. The molecule has 1 aliphatic heterocycles. The number of benzene rings is 1. The molecule has 0 aromatic heterocycles. The van der Waals surface area contributed by atoms with Gasteiger partial charge in [-0.15, -0.1) is 24.0 Å². The summed E-state index contributed by atoms with van der Waals surface area (Å²) in [5, 5.41) is 6.74. The average molecular weight is 403 g/mol. The first-order valence-electron chi connectivity index (χ1n) is 7.11. The molecule has 0 amide bonds. The lowest BCUT2D eigenvalue weighted by Crippen LogP contribution is -2.50. The third-order valence-electron chi connectivity index (χ3n) is 3.75. The first kappa shape index (κ1) is 18.2. The van der Waals surface area contributed by atoms with Crippen molar-refractivity contribution in [3.8, 4) is 0 Å². The molecule has 1 fully saturated rings. The Morgan fingerprint density at radius 3 is 2.52 bits per heavy atom. The Balaban J connectivity index is 0.00000220. The Morgan fingerprint density at radius 2 is 2.00 bits per heavy atom. The standard InChI is InChI=1S/C16H25N3O.HI/c1-12-5-6-14(13(2)7-12)8-18-15(17-4)19-9-16(3)10-20-11-16;/h5-7H,8-11H2,1-4H3,(H2,17,18,19);1H. The fraction of sp³-hybridized carbons (Fsp3) is 0.562. The van der Waals surface area contributed by atoms with Crippen LogP contribution in [0.2, 0.25) is 0 Å². The second-order valence-corrected chi connectivity index (χ2v) is 6.01. The van der Waals surface area contributed by atoms with Crippen molar-refractivity contribution in [2.45, 2.75) is 27.3 Å². The summed E-state index contributed by atoms with van der Waals surface area (Å²) in [6, 6.07) is 6.53. The van der Waals surface area contributed by atoms with Crippen LogP contribution in [0, 0.1) is 19.3 Å². The van der Waals surface area contributed by atoms with Gasteiger partial charge in [-0.2, -0.15) is 0 Å². The molecule has 1 heterocycles. The predicted octanol–water partition coefficient (Wildman–Crippen LogP) is 2.62. The highest BCUT2D eigenvalue weighted by Crippen LogP contribution is 2.24. The summed E-state index contributed by atoms with van der Waals surface area (Å²) in [4.78, 5) is 4.27. The van der Waals surface area contributed by atoms with Gasteiger partial charge in [0.1, 0.15) is 0 Å². The third kappa shape index (κ3) is 5.14. The SMILES string of the molecule is CN=C(NCc1ccc(C)cc1C)NCC1(C)COC1.I. The molecule has 21 heavy (non-hydrogen) atoms. The van der Waals surface area contributed by atoms with Gasteiger partial charge in [-0.05, 0) is 25.0 Å². The Morgan fingerprint density at radius 1 is 1.29 bits per heavy atom. The maximum absolute atomic E-state index is 5.26. The quantitative estimate of drug-likeness (QED) is 0.462. The van der Waals surface area contributed by atoms with Gasteiger partial charge in [0.05, 0.1) is 13.2 Å². The minimum Gasteiger partial charge on any atom is -0.380 e. The zero-order valence-corrected chi connectivity index (χ0v) is 15.7. The Kier molecular flexibility index (Phi) is 6.93. The predicted molar refractivity (Wildman–Crippen MR) is 98.5 cm³/mol. The van der Waals surface area contributed by atoms with Crippen molar-refractivity contribution in [3.63, 3.8) is 0 Å². The van der Waals surface area contributed by atoms with Crippen molar-refractivity contribution in [2.75, 3.05) is 26.8 Å². The van der Waals surface area contributed by atoms with Gasteiger partial charge in [-0.3, -0.25) is 4.99 Å². The van der Waals surface area contributed by atoms with Crippen molar-refractivity contribution in [3.05, 3.63) is 34.9 Å². The number of hydrogen-bond donors (Lipinski definition) is 2. The smallest absolute Gasteiger partial charge is 0.191 e. The van der Waals surface area contributed by atoms with Crippen molar-refractivity contribution < 1.29 is 4.74 Å². The highest BCUT2D eigenvalue weighted by atomic mass is 127. The maximum atomic E-state index is 5.26. The topological polar surface area (TPSA) is 45.7 Å². The largest absolute Gasteiger partial charge is 0.380 e. The van der Waals surface area contributed by atoms with Crippen LogP contribution in [0.5, 0.6) is 0 Å². The van der Waals surface area contributed by atoms with E-state index in [2.05, 4.69) is 54.6 Å². The van der Waals surface area contributed by atoms with Gasteiger partial charge in [0.25, 0.3) is 0 Å². The van der Waals surface area contributed by atoms with E-state index >= 15 is 0 Å². The molecule has 1 aromatic carbocycles. The lowest BCUT2D eigenvalue weighted by atomic mass is 9.89. The first-order valence-corrected chi connectivity index (χ1v) is 7.11. The van der Waals surface area contributed by atoms with Gasteiger partial charge in [-0.1, -0.05) is 30.7 Å². The van der Waals surface area contributed by atoms with Crippen LogP contribution in [0.1, 0.15) is 23.6 Å². The van der Waals surface area contributed by atoms with Crippen molar-refractivity contribution in [2.24, 2.45) is 10.4 Å². The van der Waals surface area contributed by atoms with Crippen molar-refractivity contribution >= 4 is 29.9 Å². The highest BCUT2D eigenvalue weighted by Gasteiger charge is 2.33. The second kappa shape index (κ2) is 7.98. The van der Waals surface area contributed by atoms with Gasteiger partial charge >= 0.3 is 0 Å². The van der Waals surface area contributed by atoms with Crippen molar-refractivity contribution in [1.29, 1.82) is 0 Å². The lowest BCUT2D eigenvalue weighted by molar-refractivity contribution is -0.0971. The van der Waals surface area contributed by atoms with Crippen LogP contribution in [0.3, 0.4) is 0 Å². The number of rotatable bonds is 4. The average Bonchev–Trinajstić information content (AvgIpc) is 2.38. The maximum Gasteiger partial charge on any atom is 0.191 e. The summed E-state index contributed by atoms with van der Waals surface area (Å²) in [7, 11) is 1.80. The molecule has 0 aliphatic carbocycles. The molecule has 1 aliphatic rings. The molecule has 0 bridgehead atoms. The van der Waals surface area contributed by atoms with Crippen LogP contribution in [-0.2, 0) is 11.3 Å². The van der Waals surface area contributed by atoms with Crippen LogP contribution in [-0.4, -0.2) is 32.8 Å². The molecule has 0 saturated carbocycles. The number of aryl methyl sites for hydroxylation is 2. The molecule has 0 unspecified atom stereocenters. The molecular weight excluding hydrogens is 377 g/mol. The van der Waals surface area contributed by atoms with Gasteiger partial charge in [-0.25, -0.2) is 0 Å². The molecule has 0 atom stereocenters. The number of hydrogen-bond acceptors (Lipinski definition) is 2.